The van der Waals surface area contributed by atoms with E-state index in [-0.39, 0.29) is 16.4 Å². The first-order valence-electron chi connectivity index (χ1n) is 9.23. The maximum atomic E-state index is 12.9. The number of rotatable bonds is 5. The first kappa shape index (κ1) is 21.0. The van der Waals surface area contributed by atoms with Crippen molar-refractivity contribution >= 4 is 33.2 Å². The Morgan fingerprint density at radius 1 is 0.897 bits per heavy atom. The monoisotopic (exact) mass is 416 g/mol. The number of hydrogen-bond donors (Lipinski definition) is 2. The van der Waals surface area contributed by atoms with Crippen molar-refractivity contribution in [3.63, 3.8) is 0 Å². The topological polar surface area (TPSA) is 98.8 Å². The van der Waals surface area contributed by atoms with Gasteiger partial charge in [0, 0.05) is 50.0 Å². The van der Waals surface area contributed by atoms with Gasteiger partial charge in [-0.1, -0.05) is 12.1 Å². The number of piperazine rings is 1. The lowest BCUT2D eigenvalue weighted by atomic mass is 10.2. The van der Waals surface area contributed by atoms with E-state index in [1.807, 2.05) is 7.05 Å². The smallest absolute Gasteiger partial charge is 0.255 e. The Bertz CT molecular complexity index is 1010. The molecule has 0 spiro atoms. The Balaban J connectivity index is 1.77. The first-order chi connectivity index (χ1) is 13.8. The molecule has 1 aliphatic heterocycles. The maximum absolute atomic E-state index is 12.9. The number of carbonyl (C=O) groups is 2. The third kappa shape index (κ3) is 5.20. The summed E-state index contributed by atoms with van der Waals surface area (Å²) in [6.07, 6.45) is 0. The summed E-state index contributed by atoms with van der Waals surface area (Å²) in [5, 5.41) is 5.38. The summed E-state index contributed by atoms with van der Waals surface area (Å²) in [4.78, 5) is 26.0. The molecule has 0 radical (unpaired) electrons. The van der Waals surface area contributed by atoms with Crippen molar-refractivity contribution in [3.8, 4) is 0 Å². The molecule has 9 heteroatoms. The van der Waals surface area contributed by atoms with Gasteiger partial charge in [0.1, 0.15) is 0 Å². The summed E-state index contributed by atoms with van der Waals surface area (Å²) in [7, 11) is -1.70. The number of nitrogens with one attached hydrogen (secondary N) is 2. The Morgan fingerprint density at radius 2 is 1.52 bits per heavy atom. The standard InChI is InChI=1S/C20H24N4O4S/c1-15(25)21-17-6-4-7-18(14-17)22-20(26)16-5-3-8-19(13-16)29(27,28)24-11-9-23(2)10-12-24/h3-8,13-14H,9-12H2,1-2H3,(H,21,25)(H,22,26). The second-order valence-corrected chi connectivity index (χ2v) is 8.89. The van der Waals surface area contributed by atoms with E-state index in [0.29, 0.717) is 37.6 Å². The van der Waals surface area contributed by atoms with Crippen LogP contribution in [0.15, 0.2) is 53.4 Å². The number of anilines is 2. The highest BCUT2D eigenvalue weighted by atomic mass is 32.2. The molecule has 0 bridgehead atoms. The molecule has 1 aliphatic rings. The summed E-state index contributed by atoms with van der Waals surface area (Å²) in [5.41, 5.74) is 1.29. The zero-order valence-corrected chi connectivity index (χ0v) is 17.2. The minimum Gasteiger partial charge on any atom is -0.326 e. The molecule has 0 aromatic heterocycles. The zero-order valence-electron chi connectivity index (χ0n) is 16.4. The molecule has 2 aromatic carbocycles. The van der Waals surface area contributed by atoms with E-state index < -0.39 is 15.9 Å². The fraction of sp³-hybridized carbons (Fsp3) is 0.300. The molecular weight excluding hydrogens is 392 g/mol. The van der Waals surface area contributed by atoms with Gasteiger partial charge < -0.3 is 15.5 Å². The summed E-state index contributed by atoms with van der Waals surface area (Å²) in [6, 6.07) is 12.7. The lowest BCUT2D eigenvalue weighted by Crippen LogP contribution is -2.47. The van der Waals surface area contributed by atoms with Gasteiger partial charge in [0.25, 0.3) is 5.91 Å². The first-order valence-corrected chi connectivity index (χ1v) is 10.7. The third-order valence-corrected chi connectivity index (χ3v) is 6.53. The van der Waals surface area contributed by atoms with Gasteiger partial charge in [-0.05, 0) is 43.4 Å². The molecule has 1 saturated heterocycles. The molecule has 8 nitrogen and oxygen atoms in total. The van der Waals surface area contributed by atoms with Crippen LogP contribution in [0.2, 0.25) is 0 Å². The molecule has 2 amide bonds. The summed E-state index contributed by atoms with van der Waals surface area (Å²) in [5.74, 6) is -0.643. The highest BCUT2D eigenvalue weighted by Gasteiger charge is 2.27. The minimum atomic E-state index is -3.66. The molecule has 0 atom stereocenters. The van der Waals surface area contributed by atoms with Crippen LogP contribution in [0, 0.1) is 0 Å². The molecule has 0 unspecified atom stereocenters. The Kier molecular flexibility index (Phi) is 6.31. The van der Waals surface area contributed by atoms with E-state index in [0.717, 1.165) is 0 Å². The molecule has 154 valence electrons. The highest BCUT2D eigenvalue weighted by Crippen LogP contribution is 2.20. The van der Waals surface area contributed by atoms with Crippen molar-refractivity contribution in [1.82, 2.24) is 9.21 Å². The van der Waals surface area contributed by atoms with Gasteiger partial charge in [-0.15, -0.1) is 0 Å². The van der Waals surface area contributed by atoms with Crippen molar-refractivity contribution in [1.29, 1.82) is 0 Å². The van der Waals surface area contributed by atoms with E-state index in [2.05, 4.69) is 15.5 Å². The number of carbonyl (C=O) groups excluding carboxylic acids is 2. The van der Waals surface area contributed by atoms with Crippen molar-refractivity contribution in [2.75, 3.05) is 43.9 Å². The number of nitrogens with zero attached hydrogens (tertiary/aromatic N) is 2. The van der Waals surface area contributed by atoms with Crippen LogP contribution >= 0.6 is 0 Å². The number of amides is 2. The van der Waals surface area contributed by atoms with Gasteiger partial charge in [0.2, 0.25) is 15.9 Å². The van der Waals surface area contributed by atoms with Crippen molar-refractivity contribution in [2.45, 2.75) is 11.8 Å². The van der Waals surface area contributed by atoms with Gasteiger partial charge >= 0.3 is 0 Å². The second kappa shape index (κ2) is 8.73. The van der Waals surface area contributed by atoms with Crippen LogP contribution in [0.1, 0.15) is 17.3 Å². The summed E-state index contributed by atoms with van der Waals surface area (Å²) < 4.78 is 27.3. The lowest BCUT2D eigenvalue weighted by molar-refractivity contribution is -0.114. The fourth-order valence-electron chi connectivity index (χ4n) is 3.06. The third-order valence-electron chi connectivity index (χ3n) is 4.64. The van der Waals surface area contributed by atoms with Gasteiger partial charge in [-0.3, -0.25) is 9.59 Å². The molecular formula is C20H24N4O4S. The quantitative estimate of drug-likeness (QED) is 0.775. The van der Waals surface area contributed by atoms with Crippen LogP contribution in [-0.4, -0.2) is 62.7 Å². The Labute approximate surface area is 170 Å². The van der Waals surface area contributed by atoms with E-state index in [1.54, 1.807) is 36.4 Å². The molecule has 1 heterocycles. The molecule has 2 N–H and O–H groups in total. The van der Waals surface area contributed by atoms with Gasteiger partial charge in [0.15, 0.2) is 0 Å². The Morgan fingerprint density at radius 3 is 2.17 bits per heavy atom. The van der Waals surface area contributed by atoms with Gasteiger partial charge in [0.05, 0.1) is 4.90 Å². The maximum Gasteiger partial charge on any atom is 0.255 e. The van der Waals surface area contributed by atoms with Crippen LogP contribution in [0.25, 0.3) is 0 Å². The number of hydrogen-bond acceptors (Lipinski definition) is 5. The van der Waals surface area contributed by atoms with Crippen molar-refractivity contribution in [2.24, 2.45) is 0 Å². The average Bonchev–Trinajstić information content (AvgIpc) is 2.68. The van der Waals surface area contributed by atoms with Crippen LogP contribution in [0.4, 0.5) is 11.4 Å². The number of likely N-dealkylation sites (N-methyl/N-ethyl adjacent to an activating group) is 1. The normalized spacial score (nSPS) is 15.7. The van der Waals surface area contributed by atoms with E-state index in [4.69, 9.17) is 0 Å². The highest BCUT2D eigenvalue weighted by molar-refractivity contribution is 7.89. The van der Waals surface area contributed by atoms with Crippen LogP contribution in [0.3, 0.4) is 0 Å². The van der Waals surface area contributed by atoms with Crippen molar-refractivity contribution in [3.05, 3.63) is 54.1 Å². The molecule has 0 aliphatic carbocycles. The summed E-state index contributed by atoms with van der Waals surface area (Å²) in [6.45, 7) is 3.59. The van der Waals surface area contributed by atoms with E-state index >= 15 is 0 Å². The largest absolute Gasteiger partial charge is 0.326 e. The van der Waals surface area contributed by atoms with Crippen LogP contribution < -0.4 is 10.6 Å². The van der Waals surface area contributed by atoms with E-state index in [9.17, 15) is 18.0 Å². The summed E-state index contributed by atoms with van der Waals surface area (Å²) >= 11 is 0. The number of benzene rings is 2. The molecule has 3 rings (SSSR count). The lowest BCUT2D eigenvalue weighted by Gasteiger charge is -2.31. The van der Waals surface area contributed by atoms with Crippen LogP contribution in [-0.2, 0) is 14.8 Å². The molecule has 1 fully saturated rings. The SMILES string of the molecule is CC(=O)Nc1cccc(NC(=O)c2cccc(S(=O)(=O)N3CCN(C)CC3)c2)c1. The van der Waals surface area contributed by atoms with Crippen LogP contribution in [0.5, 0.6) is 0 Å². The molecule has 2 aromatic rings. The van der Waals surface area contributed by atoms with E-state index in [1.165, 1.54) is 23.4 Å². The second-order valence-electron chi connectivity index (χ2n) is 6.95. The zero-order chi connectivity index (χ0) is 21.0. The van der Waals surface area contributed by atoms with Gasteiger partial charge in [-0.25, -0.2) is 8.42 Å². The predicted octanol–water partition coefficient (Wildman–Crippen LogP) is 1.83. The molecule has 29 heavy (non-hydrogen) atoms. The minimum absolute atomic E-state index is 0.0988. The van der Waals surface area contributed by atoms with Gasteiger partial charge in [-0.2, -0.15) is 4.31 Å². The number of sulfonamides is 1. The van der Waals surface area contributed by atoms with Crippen molar-refractivity contribution < 1.29 is 18.0 Å². The molecule has 0 saturated carbocycles. The fourth-order valence-corrected chi connectivity index (χ4v) is 4.53. The average molecular weight is 417 g/mol. The Hall–Kier alpha value is -2.75. The predicted molar refractivity (Wildman–Crippen MR) is 111 cm³/mol.